The van der Waals surface area contributed by atoms with Crippen LogP contribution in [0, 0.1) is 0 Å². The van der Waals surface area contributed by atoms with Crippen LogP contribution in [0.25, 0.3) is 0 Å². The second kappa shape index (κ2) is 9.60. The first kappa shape index (κ1) is 19.5. The van der Waals surface area contributed by atoms with Crippen molar-refractivity contribution in [3.05, 3.63) is 33.8 Å². The lowest BCUT2D eigenvalue weighted by Gasteiger charge is -2.44. The number of halogens is 2. The van der Waals surface area contributed by atoms with E-state index in [0.29, 0.717) is 10.0 Å². The zero-order valence-electron chi connectivity index (χ0n) is 15.5. The summed E-state index contributed by atoms with van der Waals surface area (Å²) in [5, 5.41) is 1.33. The van der Waals surface area contributed by atoms with Crippen molar-refractivity contribution in [1.29, 1.82) is 0 Å². The minimum atomic E-state index is 0.650. The van der Waals surface area contributed by atoms with Crippen LogP contribution in [0.4, 0.5) is 0 Å². The minimum Gasteiger partial charge on any atom is -0.299 e. The molecule has 1 aliphatic carbocycles. The van der Waals surface area contributed by atoms with Crippen LogP contribution in [0.15, 0.2) is 18.2 Å². The van der Waals surface area contributed by atoms with Crippen molar-refractivity contribution in [1.82, 2.24) is 9.80 Å². The highest BCUT2D eigenvalue weighted by molar-refractivity contribution is 6.42. The summed E-state index contributed by atoms with van der Waals surface area (Å²) < 4.78 is 0. The van der Waals surface area contributed by atoms with E-state index in [2.05, 4.69) is 22.8 Å². The Balaban J connectivity index is 1.66. The topological polar surface area (TPSA) is 6.48 Å². The van der Waals surface area contributed by atoms with Crippen molar-refractivity contribution in [2.45, 2.75) is 70.4 Å². The number of hydrogen-bond acceptors (Lipinski definition) is 2. The van der Waals surface area contributed by atoms with Gasteiger partial charge in [0.2, 0.25) is 0 Å². The van der Waals surface area contributed by atoms with Gasteiger partial charge >= 0.3 is 0 Å². The molecule has 0 radical (unpaired) electrons. The Morgan fingerprint density at radius 3 is 2.48 bits per heavy atom. The molecule has 0 bridgehead atoms. The summed E-state index contributed by atoms with van der Waals surface area (Å²) in [6.45, 7) is 7.26. The van der Waals surface area contributed by atoms with E-state index in [1.165, 1.54) is 70.1 Å². The molecule has 1 heterocycles. The first-order valence-electron chi connectivity index (χ1n) is 10.1. The van der Waals surface area contributed by atoms with Crippen LogP contribution in [0.2, 0.25) is 10.0 Å². The fourth-order valence-corrected chi connectivity index (χ4v) is 5.04. The van der Waals surface area contributed by atoms with E-state index >= 15 is 0 Å². The SMILES string of the molecule is CCCN(CCc1ccc(Cl)c(Cl)c1)[C@H]1CCCC[C@H]1N1CCCC1. The lowest BCUT2D eigenvalue weighted by Crippen LogP contribution is -2.53. The Hall–Kier alpha value is -0.280. The molecule has 1 aromatic carbocycles. The van der Waals surface area contributed by atoms with Crippen LogP contribution in [-0.2, 0) is 6.42 Å². The van der Waals surface area contributed by atoms with Crippen molar-refractivity contribution in [2.24, 2.45) is 0 Å². The van der Waals surface area contributed by atoms with Gasteiger partial charge < -0.3 is 0 Å². The van der Waals surface area contributed by atoms with Gasteiger partial charge in [-0.15, -0.1) is 0 Å². The Morgan fingerprint density at radius 2 is 1.76 bits per heavy atom. The van der Waals surface area contributed by atoms with Crippen LogP contribution < -0.4 is 0 Å². The maximum Gasteiger partial charge on any atom is 0.0595 e. The number of nitrogens with zero attached hydrogens (tertiary/aromatic N) is 2. The lowest BCUT2D eigenvalue weighted by atomic mass is 9.87. The maximum atomic E-state index is 6.20. The van der Waals surface area contributed by atoms with Gasteiger partial charge in [-0.1, -0.05) is 49.0 Å². The second-order valence-corrected chi connectivity index (χ2v) is 8.51. The van der Waals surface area contributed by atoms with Crippen LogP contribution in [-0.4, -0.2) is 48.1 Å². The van der Waals surface area contributed by atoms with Gasteiger partial charge in [0.25, 0.3) is 0 Å². The van der Waals surface area contributed by atoms with E-state index < -0.39 is 0 Å². The summed E-state index contributed by atoms with van der Waals surface area (Å²) in [6.07, 6.45) is 10.6. The predicted octanol–water partition coefficient (Wildman–Crippen LogP) is 5.65. The highest BCUT2D eigenvalue weighted by Gasteiger charge is 2.34. The first-order valence-corrected chi connectivity index (χ1v) is 10.9. The fourth-order valence-electron chi connectivity index (χ4n) is 4.72. The third kappa shape index (κ3) is 5.13. The molecule has 140 valence electrons. The molecule has 1 saturated carbocycles. The van der Waals surface area contributed by atoms with E-state index in [9.17, 15) is 0 Å². The lowest BCUT2D eigenvalue weighted by molar-refractivity contribution is 0.0607. The Labute approximate surface area is 163 Å². The Bertz CT molecular complexity index is 543. The third-order valence-electron chi connectivity index (χ3n) is 5.96. The first-order chi connectivity index (χ1) is 12.2. The van der Waals surface area contributed by atoms with Gasteiger partial charge in [-0.3, -0.25) is 9.80 Å². The highest BCUT2D eigenvalue weighted by atomic mass is 35.5. The highest BCUT2D eigenvalue weighted by Crippen LogP contribution is 2.30. The molecule has 0 N–H and O–H groups in total. The van der Waals surface area contributed by atoms with Crippen LogP contribution >= 0.6 is 23.2 Å². The van der Waals surface area contributed by atoms with Gasteiger partial charge in [0.1, 0.15) is 0 Å². The zero-order chi connectivity index (χ0) is 17.6. The van der Waals surface area contributed by atoms with Crippen molar-refractivity contribution < 1.29 is 0 Å². The summed E-state index contributed by atoms with van der Waals surface area (Å²) >= 11 is 12.3. The Morgan fingerprint density at radius 1 is 1.00 bits per heavy atom. The maximum absolute atomic E-state index is 6.20. The normalized spacial score (nSPS) is 25.0. The summed E-state index contributed by atoms with van der Waals surface area (Å²) in [6, 6.07) is 7.59. The quantitative estimate of drug-likeness (QED) is 0.600. The molecule has 25 heavy (non-hydrogen) atoms. The van der Waals surface area contributed by atoms with Crippen LogP contribution in [0.5, 0.6) is 0 Å². The predicted molar refractivity (Wildman–Crippen MR) is 109 cm³/mol. The third-order valence-corrected chi connectivity index (χ3v) is 6.69. The minimum absolute atomic E-state index is 0.650. The molecular formula is C21H32Cl2N2. The average molecular weight is 383 g/mol. The van der Waals surface area contributed by atoms with Crippen molar-refractivity contribution in [3.8, 4) is 0 Å². The smallest absolute Gasteiger partial charge is 0.0595 e. The molecule has 2 aliphatic rings. The van der Waals surface area contributed by atoms with E-state index in [-0.39, 0.29) is 0 Å². The summed E-state index contributed by atoms with van der Waals surface area (Å²) in [7, 11) is 0. The standard InChI is InChI=1S/C21H32Cl2N2/c1-2-12-24(15-11-17-9-10-18(22)19(23)16-17)20-7-3-4-8-21(20)25-13-5-6-14-25/h9-10,16,20-21H,2-8,11-15H2,1H3/t20-,21+/m0/s1. The van der Waals surface area contributed by atoms with Crippen molar-refractivity contribution >= 4 is 23.2 Å². The summed E-state index contributed by atoms with van der Waals surface area (Å²) in [5.41, 5.74) is 1.30. The molecule has 0 amide bonds. The van der Waals surface area contributed by atoms with Gasteiger partial charge in [0.15, 0.2) is 0 Å². The van der Waals surface area contributed by atoms with Crippen molar-refractivity contribution in [3.63, 3.8) is 0 Å². The molecule has 4 heteroatoms. The molecule has 1 saturated heterocycles. The molecule has 0 aromatic heterocycles. The fraction of sp³-hybridized carbons (Fsp3) is 0.714. The van der Waals surface area contributed by atoms with E-state index in [1.54, 1.807) is 0 Å². The molecule has 1 aliphatic heterocycles. The molecular weight excluding hydrogens is 351 g/mol. The van der Waals surface area contributed by atoms with Gasteiger partial charge in [0, 0.05) is 18.6 Å². The largest absolute Gasteiger partial charge is 0.299 e. The molecule has 0 unspecified atom stereocenters. The summed E-state index contributed by atoms with van der Waals surface area (Å²) in [5.74, 6) is 0. The van der Waals surface area contributed by atoms with Crippen LogP contribution in [0.3, 0.4) is 0 Å². The van der Waals surface area contributed by atoms with Gasteiger partial charge in [-0.25, -0.2) is 0 Å². The van der Waals surface area contributed by atoms with Gasteiger partial charge in [-0.05, 0) is 75.9 Å². The molecule has 0 spiro atoms. The van der Waals surface area contributed by atoms with Crippen LogP contribution in [0.1, 0.15) is 57.4 Å². The zero-order valence-corrected chi connectivity index (χ0v) is 17.0. The number of rotatable bonds is 7. The monoisotopic (exact) mass is 382 g/mol. The number of benzene rings is 1. The van der Waals surface area contributed by atoms with Gasteiger partial charge in [0.05, 0.1) is 10.0 Å². The molecule has 2 atom stereocenters. The summed E-state index contributed by atoms with van der Waals surface area (Å²) in [4.78, 5) is 5.55. The van der Waals surface area contributed by atoms with E-state index in [0.717, 1.165) is 25.0 Å². The van der Waals surface area contributed by atoms with E-state index in [4.69, 9.17) is 23.2 Å². The number of hydrogen-bond donors (Lipinski definition) is 0. The Kier molecular flexibility index (Phi) is 7.48. The van der Waals surface area contributed by atoms with Gasteiger partial charge in [-0.2, -0.15) is 0 Å². The molecule has 2 nitrogen and oxygen atoms in total. The second-order valence-electron chi connectivity index (χ2n) is 7.70. The van der Waals surface area contributed by atoms with E-state index in [1.807, 2.05) is 12.1 Å². The average Bonchev–Trinajstić information content (AvgIpc) is 3.16. The molecule has 1 aromatic rings. The van der Waals surface area contributed by atoms with Crippen molar-refractivity contribution in [2.75, 3.05) is 26.2 Å². The molecule has 2 fully saturated rings. The molecule has 3 rings (SSSR count). The number of likely N-dealkylation sites (tertiary alicyclic amines) is 1.